The number of aromatic nitrogens is 1. The van der Waals surface area contributed by atoms with Crippen molar-refractivity contribution in [2.24, 2.45) is 17.6 Å². The molecule has 3 heterocycles. The van der Waals surface area contributed by atoms with E-state index < -0.39 is 0 Å². The zero-order valence-electron chi connectivity index (χ0n) is 20.5. The fourth-order valence-corrected chi connectivity index (χ4v) is 5.19. The van der Waals surface area contributed by atoms with Gasteiger partial charge in [-0.25, -0.2) is 0 Å². The zero-order valence-corrected chi connectivity index (χ0v) is 20.5. The first-order chi connectivity index (χ1) is 16.0. The standard InChI is InChI=1S/C27H42N4O2/c1-20(2)19-33-27-8-5-7-24-23(27)17-25(29-24)26(32)16-21-9-12-30(13-10-21)14-15-31-11-4-3-6-22(28)18-31/h5,7-8,17,20-22,29H,3-4,6,9-16,18-19,28H2,1-2H3. The van der Waals surface area contributed by atoms with E-state index in [-0.39, 0.29) is 5.78 Å². The van der Waals surface area contributed by atoms with E-state index in [1.807, 2.05) is 24.3 Å². The number of benzene rings is 1. The normalized spacial score (nSPS) is 21.5. The Kier molecular flexibility index (Phi) is 8.45. The fourth-order valence-electron chi connectivity index (χ4n) is 5.19. The first kappa shape index (κ1) is 24.2. The predicted molar refractivity (Wildman–Crippen MR) is 135 cm³/mol. The number of piperidine rings is 1. The second-order valence-corrected chi connectivity index (χ2v) is 10.6. The highest BCUT2D eigenvalue weighted by Crippen LogP contribution is 2.29. The van der Waals surface area contributed by atoms with Crippen molar-refractivity contribution in [1.29, 1.82) is 0 Å². The highest BCUT2D eigenvalue weighted by atomic mass is 16.5. The molecule has 0 bridgehead atoms. The van der Waals surface area contributed by atoms with Gasteiger partial charge >= 0.3 is 0 Å². The quantitative estimate of drug-likeness (QED) is 0.553. The average Bonchev–Trinajstić information content (AvgIpc) is 3.14. The van der Waals surface area contributed by atoms with Gasteiger partial charge in [-0.3, -0.25) is 4.79 Å². The van der Waals surface area contributed by atoms with Crippen molar-refractivity contribution >= 4 is 16.7 Å². The number of likely N-dealkylation sites (tertiary alicyclic amines) is 2. The Labute approximate surface area is 198 Å². The van der Waals surface area contributed by atoms with Crippen LogP contribution in [0.15, 0.2) is 24.3 Å². The minimum atomic E-state index is 0.220. The van der Waals surface area contributed by atoms with Gasteiger partial charge in [-0.05, 0) is 75.4 Å². The van der Waals surface area contributed by atoms with E-state index in [2.05, 4.69) is 28.6 Å². The number of nitrogens with two attached hydrogens (primary N) is 1. The number of ether oxygens (including phenoxy) is 1. The molecule has 0 radical (unpaired) electrons. The van der Waals surface area contributed by atoms with Gasteiger partial charge in [0.15, 0.2) is 5.78 Å². The number of fused-ring (bicyclic) bond motifs is 1. The highest BCUT2D eigenvalue weighted by molar-refractivity contribution is 6.00. The van der Waals surface area contributed by atoms with Crippen LogP contribution in [0, 0.1) is 11.8 Å². The second kappa shape index (κ2) is 11.5. The van der Waals surface area contributed by atoms with Crippen molar-refractivity contribution in [3.8, 4) is 5.75 Å². The molecule has 0 aliphatic carbocycles. The molecule has 2 fully saturated rings. The number of H-pyrrole nitrogens is 1. The summed E-state index contributed by atoms with van der Waals surface area (Å²) >= 11 is 0. The third kappa shape index (κ3) is 6.81. The Morgan fingerprint density at radius 2 is 1.91 bits per heavy atom. The molecule has 1 aromatic heterocycles. The molecule has 0 saturated carbocycles. The number of carbonyl (C=O) groups excluding carboxylic acids is 1. The number of hydrogen-bond acceptors (Lipinski definition) is 5. The Morgan fingerprint density at radius 3 is 2.70 bits per heavy atom. The summed E-state index contributed by atoms with van der Waals surface area (Å²) in [5.74, 6) is 2.02. The molecule has 1 atom stereocenters. The molecule has 182 valence electrons. The van der Waals surface area contributed by atoms with Gasteiger partial charge in [0.05, 0.1) is 12.3 Å². The summed E-state index contributed by atoms with van der Waals surface area (Å²) < 4.78 is 5.97. The number of Topliss-reactive ketones (excluding diaryl/α,β-unsaturated/α-hetero) is 1. The molecular formula is C27H42N4O2. The number of carbonyl (C=O) groups is 1. The van der Waals surface area contributed by atoms with Crippen LogP contribution in [0.2, 0.25) is 0 Å². The molecule has 2 aliphatic rings. The van der Waals surface area contributed by atoms with Crippen LogP contribution in [0.5, 0.6) is 5.75 Å². The maximum atomic E-state index is 13.0. The summed E-state index contributed by atoms with van der Waals surface area (Å²) in [5, 5.41) is 1.00. The van der Waals surface area contributed by atoms with E-state index in [1.165, 1.54) is 25.8 Å². The van der Waals surface area contributed by atoms with E-state index in [4.69, 9.17) is 10.5 Å². The van der Waals surface area contributed by atoms with Gasteiger partial charge in [-0.1, -0.05) is 26.3 Å². The number of aromatic amines is 1. The molecule has 1 unspecified atom stereocenters. The van der Waals surface area contributed by atoms with Crippen molar-refractivity contribution in [2.45, 2.75) is 58.4 Å². The molecule has 3 N–H and O–H groups in total. The summed E-state index contributed by atoms with van der Waals surface area (Å²) in [7, 11) is 0. The third-order valence-electron chi connectivity index (χ3n) is 7.20. The van der Waals surface area contributed by atoms with Crippen LogP contribution in [0.4, 0.5) is 0 Å². The predicted octanol–water partition coefficient (Wildman–Crippen LogP) is 4.30. The first-order valence-corrected chi connectivity index (χ1v) is 13.0. The van der Waals surface area contributed by atoms with Crippen LogP contribution < -0.4 is 10.5 Å². The van der Waals surface area contributed by atoms with Crippen molar-refractivity contribution < 1.29 is 9.53 Å². The van der Waals surface area contributed by atoms with Gasteiger partial charge in [-0.15, -0.1) is 0 Å². The summed E-state index contributed by atoms with van der Waals surface area (Å²) in [5.41, 5.74) is 7.90. The lowest BCUT2D eigenvalue weighted by Gasteiger charge is -2.33. The number of nitrogens with zero attached hydrogens (tertiary/aromatic N) is 2. The Morgan fingerprint density at radius 1 is 1.12 bits per heavy atom. The first-order valence-electron chi connectivity index (χ1n) is 13.0. The van der Waals surface area contributed by atoms with E-state index in [1.54, 1.807) is 0 Å². The molecule has 4 rings (SSSR count). The summed E-state index contributed by atoms with van der Waals surface area (Å²) in [6.45, 7) is 11.6. The van der Waals surface area contributed by atoms with Crippen LogP contribution in [0.1, 0.15) is 62.9 Å². The van der Waals surface area contributed by atoms with Crippen LogP contribution in [0.3, 0.4) is 0 Å². The molecule has 2 aliphatic heterocycles. The summed E-state index contributed by atoms with van der Waals surface area (Å²) in [4.78, 5) is 21.5. The van der Waals surface area contributed by atoms with E-state index in [0.717, 1.165) is 62.2 Å². The SMILES string of the molecule is CC(C)COc1cccc2[nH]c(C(=O)CC3CCN(CCN4CCCCC(N)C4)CC3)cc12. The molecule has 0 spiro atoms. The van der Waals surface area contributed by atoms with Gasteiger partial charge < -0.3 is 25.3 Å². The van der Waals surface area contributed by atoms with Crippen molar-refractivity contribution in [3.63, 3.8) is 0 Å². The lowest BCUT2D eigenvalue weighted by molar-refractivity contribution is 0.0917. The largest absolute Gasteiger partial charge is 0.493 e. The van der Waals surface area contributed by atoms with Crippen molar-refractivity contribution in [2.75, 3.05) is 45.9 Å². The van der Waals surface area contributed by atoms with E-state index >= 15 is 0 Å². The molecule has 33 heavy (non-hydrogen) atoms. The molecule has 1 aromatic carbocycles. The fraction of sp³-hybridized carbons (Fsp3) is 0.667. The van der Waals surface area contributed by atoms with Crippen molar-refractivity contribution in [1.82, 2.24) is 14.8 Å². The van der Waals surface area contributed by atoms with Crippen LogP contribution in [-0.2, 0) is 0 Å². The Hall–Kier alpha value is -1.89. The lowest BCUT2D eigenvalue weighted by Crippen LogP contribution is -2.42. The minimum Gasteiger partial charge on any atom is -0.493 e. The molecule has 6 nitrogen and oxygen atoms in total. The molecule has 2 saturated heterocycles. The van der Waals surface area contributed by atoms with Crippen LogP contribution in [0.25, 0.3) is 10.9 Å². The summed E-state index contributed by atoms with van der Waals surface area (Å²) in [6, 6.07) is 8.31. The average molecular weight is 455 g/mol. The van der Waals surface area contributed by atoms with Gasteiger partial charge in [-0.2, -0.15) is 0 Å². The Bertz CT molecular complexity index is 901. The smallest absolute Gasteiger partial charge is 0.179 e. The zero-order chi connectivity index (χ0) is 23.2. The van der Waals surface area contributed by atoms with E-state index in [9.17, 15) is 4.79 Å². The van der Waals surface area contributed by atoms with Gasteiger partial charge in [0.25, 0.3) is 0 Å². The van der Waals surface area contributed by atoms with E-state index in [0.29, 0.717) is 36.6 Å². The number of nitrogens with one attached hydrogen (secondary N) is 1. The molecule has 0 amide bonds. The maximum Gasteiger partial charge on any atom is 0.179 e. The van der Waals surface area contributed by atoms with Gasteiger partial charge in [0.1, 0.15) is 5.75 Å². The third-order valence-corrected chi connectivity index (χ3v) is 7.20. The van der Waals surface area contributed by atoms with Gasteiger partial charge in [0.2, 0.25) is 0 Å². The Balaban J connectivity index is 1.25. The highest BCUT2D eigenvalue weighted by Gasteiger charge is 2.24. The summed E-state index contributed by atoms with van der Waals surface area (Å²) in [6.07, 6.45) is 6.54. The van der Waals surface area contributed by atoms with Crippen LogP contribution in [-0.4, -0.2) is 72.5 Å². The maximum absolute atomic E-state index is 13.0. The lowest BCUT2D eigenvalue weighted by atomic mass is 9.91. The minimum absolute atomic E-state index is 0.220. The molecule has 2 aromatic rings. The molecular weight excluding hydrogens is 412 g/mol. The topological polar surface area (TPSA) is 74.6 Å². The van der Waals surface area contributed by atoms with Gasteiger partial charge in [0, 0.05) is 43.0 Å². The second-order valence-electron chi connectivity index (χ2n) is 10.6. The number of hydrogen-bond donors (Lipinski definition) is 2. The number of ketones is 1. The number of rotatable bonds is 9. The van der Waals surface area contributed by atoms with Crippen molar-refractivity contribution in [3.05, 3.63) is 30.0 Å². The molecule has 6 heteroatoms. The monoisotopic (exact) mass is 454 g/mol. The van der Waals surface area contributed by atoms with Crippen LogP contribution >= 0.6 is 0 Å².